The van der Waals surface area contributed by atoms with Crippen LogP contribution in [0.2, 0.25) is 0 Å². The molecule has 0 radical (unpaired) electrons. The minimum Gasteiger partial charge on any atom is -0.444 e. The molecule has 2 aliphatic heterocycles. The van der Waals surface area contributed by atoms with Crippen LogP contribution in [0.25, 0.3) is 11.0 Å². The lowest BCUT2D eigenvalue weighted by atomic mass is 9.88. The van der Waals surface area contributed by atoms with Crippen LogP contribution in [0.4, 0.5) is 10.5 Å². The van der Waals surface area contributed by atoms with E-state index in [0.717, 1.165) is 31.4 Å². The van der Waals surface area contributed by atoms with E-state index >= 15 is 0 Å². The molecule has 162 valence electrons. The Morgan fingerprint density at radius 3 is 2.67 bits per heavy atom. The van der Waals surface area contributed by atoms with Crippen LogP contribution in [0.3, 0.4) is 0 Å². The monoisotopic (exact) mass is 431 g/mol. The molecule has 1 amide bonds. The minimum absolute atomic E-state index is 0.0475. The van der Waals surface area contributed by atoms with Crippen LogP contribution in [0.15, 0.2) is 22.2 Å². The van der Waals surface area contributed by atoms with E-state index in [0.29, 0.717) is 34.9 Å². The average molecular weight is 432 g/mol. The van der Waals surface area contributed by atoms with Gasteiger partial charge in [0, 0.05) is 44.8 Å². The van der Waals surface area contributed by atoms with Gasteiger partial charge in [0.25, 0.3) is 5.56 Å². The maximum Gasteiger partial charge on any atom is 0.410 e. The van der Waals surface area contributed by atoms with Crippen molar-refractivity contribution in [2.75, 3.05) is 37.3 Å². The molecule has 2 saturated heterocycles. The normalized spacial score (nSPS) is 21.8. The topological polar surface area (TPSA) is 80.6 Å². The number of nitrogens with zero attached hydrogens (tertiary/aromatic N) is 5. The number of hydrogen-bond donors (Lipinski definition) is 0. The fourth-order valence-electron chi connectivity index (χ4n) is 4.40. The van der Waals surface area contributed by atoms with Crippen LogP contribution in [0.1, 0.15) is 27.2 Å². The molecular weight excluding hydrogens is 402 g/mol. The summed E-state index contributed by atoms with van der Waals surface area (Å²) >= 11 is 1.46. The highest BCUT2D eigenvalue weighted by molar-refractivity contribution is 7.98. The van der Waals surface area contributed by atoms with E-state index in [4.69, 9.17) is 4.74 Å². The molecule has 30 heavy (non-hydrogen) atoms. The van der Waals surface area contributed by atoms with E-state index in [1.54, 1.807) is 17.8 Å². The highest BCUT2D eigenvalue weighted by Crippen LogP contribution is 2.33. The summed E-state index contributed by atoms with van der Waals surface area (Å²) in [6, 6.07) is 1.91. The summed E-state index contributed by atoms with van der Waals surface area (Å²) in [7, 11) is 1.76. The van der Waals surface area contributed by atoms with Gasteiger partial charge in [-0.3, -0.25) is 9.36 Å². The van der Waals surface area contributed by atoms with Crippen molar-refractivity contribution in [1.29, 1.82) is 0 Å². The third-order valence-corrected chi connectivity index (χ3v) is 6.45. The highest BCUT2D eigenvalue weighted by atomic mass is 32.2. The first-order valence-electron chi connectivity index (χ1n) is 10.3. The zero-order chi connectivity index (χ0) is 21.6. The number of thioether (sulfide) groups is 1. The summed E-state index contributed by atoms with van der Waals surface area (Å²) in [5.74, 6) is 0.785. The first-order valence-corrected chi connectivity index (χ1v) is 11.5. The second-order valence-corrected chi connectivity index (χ2v) is 9.94. The summed E-state index contributed by atoms with van der Waals surface area (Å²) in [5.41, 5.74) is 0.787. The molecule has 2 unspecified atom stereocenters. The van der Waals surface area contributed by atoms with Crippen molar-refractivity contribution in [2.45, 2.75) is 37.9 Å². The number of carbonyl (C=O) groups is 1. The van der Waals surface area contributed by atoms with Gasteiger partial charge in [-0.25, -0.2) is 14.8 Å². The fourth-order valence-corrected chi connectivity index (χ4v) is 4.74. The van der Waals surface area contributed by atoms with Crippen molar-refractivity contribution in [3.8, 4) is 0 Å². The lowest BCUT2D eigenvalue weighted by Crippen LogP contribution is -2.43. The Kier molecular flexibility index (Phi) is 5.42. The number of hydrogen-bond acceptors (Lipinski definition) is 7. The van der Waals surface area contributed by atoms with Gasteiger partial charge in [-0.2, -0.15) is 0 Å². The lowest BCUT2D eigenvalue weighted by Gasteiger charge is -2.35. The predicted octanol–water partition coefficient (Wildman–Crippen LogP) is 2.74. The Morgan fingerprint density at radius 1 is 1.23 bits per heavy atom. The first kappa shape index (κ1) is 21.0. The Balaban J connectivity index is 1.55. The molecule has 0 aliphatic carbocycles. The summed E-state index contributed by atoms with van der Waals surface area (Å²) < 4.78 is 7.16. The molecule has 2 atom stereocenters. The van der Waals surface area contributed by atoms with Gasteiger partial charge >= 0.3 is 6.09 Å². The number of ether oxygens (including phenoxy) is 1. The second-order valence-electron chi connectivity index (χ2n) is 9.17. The minimum atomic E-state index is -0.494. The molecule has 4 heterocycles. The number of pyridine rings is 1. The first-order chi connectivity index (χ1) is 14.2. The Bertz CT molecular complexity index is 1030. The Morgan fingerprint density at radius 2 is 1.97 bits per heavy atom. The number of likely N-dealkylation sites (tertiary alicyclic amines) is 1. The van der Waals surface area contributed by atoms with E-state index in [9.17, 15) is 9.59 Å². The molecule has 4 rings (SSSR count). The lowest BCUT2D eigenvalue weighted by molar-refractivity contribution is 0.0285. The van der Waals surface area contributed by atoms with E-state index in [1.165, 1.54) is 11.8 Å². The summed E-state index contributed by atoms with van der Waals surface area (Å²) in [5, 5.41) is 1.51. The Labute approximate surface area is 180 Å². The smallest absolute Gasteiger partial charge is 0.410 e. The van der Waals surface area contributed by atoms with Crippen molar-refractivity contribution in [2.24, 2.45) is 18.9 Å². The van der Waals surface area contributed by atoms with Crippen LogP contribution >= 0.6 is 11.8 Å². The van der Waals surface area contributed by atoms with Crippen molar-refractivity contribution < 1.29 is 9.53 Å². The standard InChI is InChI=1S/C21H29N5O3S/c1-21(2,3)29-20(28)26-10-13-6-7-25(11-15(13)12-26)16-8-14-9-22-19(30-5)23-17(14)24(4)18(16)27/h8-9,13,15H,6-7,10-12H2,1-5H3. The SMILES string of the molecule is CSc1ncc2cc(N3CCC4CN(C(=O)OC(C)(C)C)CC4C3)c(=O)n(C)c2n1. The zero-order valence-electron chi connectivity index (χ0n) is 18.2. The van der Waals surface area contributed by atoms with Crippen LogP contribution in [0.5, 0.6) is 0 Å². The number of piperidine rings is 1. The van der Waals surface area contributed by atoms with E-state index in [-0.39, 0.29) is 11.7 Å². The Hall–Kier alpha value is -2.29. The average Bonchev–Trinajstić information content (AvgIpc) is 3.12. The van der Waals surface area contributed by atoms with Gasteiger partial charge in [-0.15, -0.1) is 0 Å². The van der Waals surface area contributed by atoms with Gasteiger partial charge < -0.3 is 14.5 Å². The van der Waals surface area contributed by atoms with Crippen LogP contribution in [0, 0.1) is 11.8 Å². The van der Waals surface area contributed by atoms with Gasteiger partial charge in [-0.05, 0) is 51.3 Å². The largest absolute Gasteiger partial charge is 0.444 e. The van der Waals surface area contributed by atoms with Crippen LogP contribution in [-0.4, -0.2) is 63.6 Å². The third-order valence-electron chi connectivity index (χ3n) is 5.88. The zero-order valence-corrected chi connectivity index (χ0v) is 19.0. The summed E-state index contributed by atoms with van der Waals surface area (Å²) in [4.78, 5) is 38.4. The summed E-state index contributed by atoms with van der Waals surface area (Å²) in [6.07, 6.45) is 4.41. The molecule has 2 aromatic heterocycles. The number of fused-ring (bicyclic) bond motifs is 2. The molecule has 0 N–H and O–H groups in total. The molecule has 0 aromatic carbocycles. The van der Waals surface area contributed by atoms with E-state index < -0.39 is 5.60 Å². The number of anilines is 1. The van der Waals surface area contributed by atoms with Gasteiger partial charge in [-0.1, -0.05) is 11.8 Å². The fraction of sp³-hybridized carbons (Fsp3) is 0.619. The van der Waals surface area contributed by atoms with Crippen molar-refractivity contribution in [1.82, 2.24) is 19.4 Å². The van der Waals surface area contributed by atoms with E-state index in [1.807, 2.05) is 38.0 Å². The number of aromatic nitrogens is 3. The molecule has 0 bridgehead atoms. The highest BCUT2D eigenvalue weighted by Gasteiger charge is 2.40. The second kappa shape index (κ2) is 7.76. The maximum absolute atomic E-state index is 13.1. The molecular formula is C21H29N5O3S. The van der Waals surface area contributed by atoms with Gasteiger partial charge in [0.15, 0.2) is 5.16 Å². The van der Waals surface area contributed by atoms with Crippen LogP contribution < -0.4 is 10.5 Å². The summed E-state index contributed by atoms with van der Waals surface area (Å²) in [6.45, 7) is 8.62. The molecule has 8 nitrogen and oxygen atoms in total. The number of carbonyl (C=O) groups excluding carboxylic acids is 1. The quantitative estimate of drug-likeness (QED) is 0.534. The predicted molar refractivity (Wildman–Crippen MR) is 118 cm³/mol. The molecule has 9 heteroatoms. The van der Waals surface area contributed by atoms with Crippen molar-refractivity contribution in [3.05, 3.63) is 22.6 Å². The number of aryl methyl sites for hydroxylation is 1. The molecule has 2 aromatic rings. The van der Waals surface area contributed by atoms with Gasteiger partial charge in [0.2, 0.25) is 0 Å². The van der Waals surface area contributed by atoms with Gasteiger partial charge in [0.1, 0.15) is 16.9 Å². The number of rotatable bonds is 2. The van der Waals surface area contributed by atoms with Crippen LogP contribution in [-0.2, 0) is 11.8 Å². The molecule has 0 saturated carbocycles. The maximum atomic E-state index is 13.1. The van der Waals surface area contributed by atoms with Crippen molar-refractivity contribution in [3.63, 3.8) is 0 Å². The van der Waals surface area contributed by atoms with Crippen molar-refractivity contribution >= 4 is 34.6 Å². The third kappa shape index (κ3) is 3.99. The molecule has 2 aliphatic rings. The molecule has 0 spiro atoms. The molecule has 2 fully saturated rings. The van der Waals surface area contributed by atoms with Gasteiger partial charge in [0.05, 0.1) is 0 Å². The number of amides is 1. The van der Waals surface area contributed by atoms with E-state index in [2.05, 4.69) is 14.9 Å².